The van der Waals surface area contributed by atoms with Crippen molar-refractivity contribution in [3.05, 3.63) is 59.9 Å². The van der Waals surface area contributed by atoms with Crippen LogP contribution in [-0.2, 0) is 14.8 Å². The van der Waals surface area contributed by atoms with E-state index in [2.05, 4.69) is 10.3 Å². The summed E-state index contributed by atoms with van der Waals surface area (Å²) in [5, 5.41) is 2.77. The van der Waals surface area contributed by atoms with Crippen molar-refractivity contribution in [1.29, 1.82) is 0 Å². The lowest BCUT2D eigenvalue weighted by Gasteiger charge is -2.19. The van der Waals surface area contributed by atoms with Gasteiger partial charge in [0.1, 0.15) is 0 Å². The average molecular weight is 347 g/mol. The van der Waals surface area contributed by atoms with Crippen molar-refractivity contribution in [2.75, 3.05) is 13.6 Å². The smallest absolute Gasteiger partial charge is 0.243 e. The van der Waals surface area contributed by atoms with Crippen LogP contribution in [0.3, 0.4) is 0 Å². The third-order valence-electron chi connectivity index (χ3n) is 3.66. The monoisotopic (exact) mass is 347 g/mol. The summed E-state index contributed by atoms with van der Waals surface area (Å²) >= 11 is 0. The maximum Gasteiger partial charge on any atom is 0.243 e. The summed E-state index contributed by atoms with van der Waals surface area (Å²) in [6.45, 7) is 3.46. The molecule has 1 amide bonds. The Hall–Kier alpha value is -2.25. The van der Waals surface area contributed by atoms with Gasteiger partial charge in [0.05, 0.1) is 17.5 Å². The molecule has 0 aliphatic heterocycles. The van der Waals surface area contributed by atoms with Gasteiger partial charge in [0.25, 0.3) is 0 Å². The average Bonchev–Trinajstić information content (AvgIpc) is 2.55. The van der Waals surface area contributed by atoms with E-state index in [0.29, 0.717) is 0 Å². The third-order valence-corrected chi connectivity index (χ3v) is 5.47. The number of amides is 1. The molecule has 7 heteroatoms. The van der Waals surface area contributed by atoms with Crippen LogP contribution in [0.5, 0.6) is 0 Å². The SMILES string of the molecule is Cc1ccc(S(=O)(=O)N(C)CC(=O)NC(C)c2cccnc2)cc1. The quantitative estimate of drug-likeness (QED) is 0.865. The number of hydrogen-bond donors (Lipinski definition) is 1. The van der Waals surface area contributed by atoms with Gasteiger partial charge in [-0.25, -0.2) is 8.42 Å². The van der Waals surface area contributed by atoms with E-state index in [-0.39, 0.29) is 23.4 Å². The molecule has 1 aromatic heterocycles. The Bertz CT molecular complexity index is 790. The van der Waals surface area contributed by atoms with Gasteiger partial charge >= 0.3 is 0 Å². The lowest BCUT2D eigenvalue weighted by molar-refractivity contribution is -0.121. The van der Waals surface area contributed by atoms with Gasteiger partial charge in [0.2, 0.25) is 15.9 Å². The van der Waals surface area contributed by atoms with Gasteiger partial charge in [0, 0.05) is 19.4 Å². The van der Waals surface area contributed by atoms with E-state index in [9.17, 15) is 13.2 Å². The number of carbonyl (C=O) groups excluding carboxylic acids is 1. The molecule has 1 aromatic carbocycles. The molecule has 1 unspecified atom stereocenters. The molecule has 0 radical (unpaired) electrons. The lowest BCUT2D eigenvalue weighted by atomic mass is 10.1. The summed E-state index contributed by atoms with van der Waals surface area (Å²) < 4.78 is 26.0. The summed E-state index contributed by atoms with van der Waals surface area (Å²) in [7, 11) is -2.30. The largest absolute Gasteiger partial charge is 0.348 e. The van der Waals surface area contributed by atoms with Gasteiger partial charge in [-0.2, -0.15) is 4.31 Å². The highest BCUT2D eigenvalue weighted by molar-refractivity contribution is 7.89. The predicted octanol–water partition coefficient (Wildman–Crippen LogP) is 1.89. The molecule has 0 aliphatic carbocycles. The first kappa shape index (κ1) is 18.1. The Morgan fingerprint density at radius 1 is 1.25 bits per heavy atom. The van der Waals surface area contributed by atoms with E-state index in [4.69, 9.17) is 0 Å². The number of rotatable bonds is 6. The van der Waals surface area contributed by atoms with Crippen molar-refractivity contribution >= 4 is 15.9 Å². The lowest BCUT2D eigenvalue weighted by Crippen LogP contribution is -2.39. The maximum absolute atomic E-state index is 12.5. The Morgan fingerprint density at radius 3 is 2.50 bits per heavy atom. The summed E-state index contributed by atoms with van der Waals surface area (Å²) in [5.41, 5.74) is 1.83. The van der Waals surface area contributed by atoms with Crippen molar-refractivity contribution in [2.45, 2.75) is 24.8 Å². The number of nitrogens with one attached hydrogen (secondary N) is 1. The normalized spacial score (nSPS) is 12.8. The Morgan fingerprint density at radius 2 is 1.92 bits per heavy atom. The van der Waals surface area contributed by atoms with Crippen LogP contribution in [0.15, 0.2) is 53.7 Å². The number of nitrogens with zero attached hydrogens (tertiary/aromatic N) is 2. The summed E-state index contributed by atoms with van der Waals surface area (Å²) in [5.74, 6) is -0.371. The number of carbonyl (C=O) groups is 1. The molecule has 0 fully saturated rings. The van der Waals surface area contributed by atoms with Gasteiger partial charge in [0.15, 0.2) is 0 Å². The molecule has 0 saturated carbocycles. The van der Waals surface area contributed by atoms with Crippen LogP contribution in [0.1, 0.15) is 24.1 Å². The van der Waals surface area contributed by atoms with Crippen LogP contribution in [0, 0.1) is 6.92 Å². The first-order valence-electron chi connectivity index (χ1n) is 7.53. The Labute approximate surface area is 142 Å². The van der Waals surface area contributed by atoms with Gasteiger partial charge in [-0.15, -0.1) is 0 Å². The molecule has 128 valence electrons. The standard InChI is InChI=1S/C17H21N3O3S/c1-13-6-8-16(9-7-13)24(22,23)20(3)12-17(21)19-14(2)15-5-4-10-18-11-15/h4-11,14H,12H2,1-3H3,(H,19,21). The fourth-order valence-electron chi connectivity index (χ4n) is 2.18. The summed E-state index contributed by atoms with van der Waals surface area (Å²) in [6.07, 6.45) is 3.32. The van der Waals surface area contributed by atoms with Gasteiger partial charge < -0.3 is 5.32 Å². The molecule has 1 heterocycles. The minimum Gasteiger partial charge on any atom is -0.348 e. The van der Waals surface area contributed by atoms with E-state index < -0.39 is 10.0 Å². The molecular formula is C17H21N3O3S. The zero-order chi connectivity index (χ0) is 17.7. The van der Waals surface area contributed by atoms with E-state index >= 15 is 0 Å². The zero-order valence-electron chi connectivity index (χ0n) is 13.9. The van der Waals surface area contributed by atoms with Crippen molar-refractivity contribution < 1.29 is 13.2 Å². The maximum atomic E-state index is 12.5. The first-order valence-corrected chi connectivity index (χ1v) is 8.97. The van der Waals surface area contributed by atoms with Gasteiger partial charge in [-0.3, -0.25) is 9.78 Å². The Balaban J connectivity index is 2.01. The second kappa shape index (κ2) is 7.55. The number of aryl methyl sites for hydroxylation is 1. The highest BCUT2D eigenvalue weighted by Gasteiger charge is 2.23. The zero-order valence-corrected chi connectivity index (χ0v) is 14.7. The second-order valence-electron chi connectivity index (χ2n) is 5.65. The fourth-order valence-corrected chi connectivity index (χ4v) is 3.31. The highest BCUT2D eigenvalue weighted by Crippen LogP contribution is 2.15. The van der Waals surface area contributed by atoms with E-state index in [1.165, 1.54) is 19.2 Å². The minimum absolute atomic E-state index is 0.170. The number of hydrogen-bond acceptors (Lipinski definition) is 4. The van der Waals surface area contributed by atoms with Crippen molar-refractivity contribution in [1.82, 2.24) is 14.6 Å². The van der Waals surface area contributed by atoms with Crippen molar-refractivity contribution in [3.8, 4) is 0 Å². The van der Waals surface area contributed by atoms with Crippen molar-refractivity contribution in [3.63, 3.8) is 0 Å². The summed E-state index contributed by atoms with van der Waals surface area (Å²) in [4.78, 5) is 16.3. The molecule has 0 spiro atoms. The Kier molecular flexibility index (Phi) is 5.69. The van der Waals surface area contributed by atoms with E-state index in [0.717, 1.165) is 15.4 Å². The molecule has 0 aliphatic rings. The van der Waals surface area contributed by atoms with Crippen LogP contribution in [0.2, 0.25) is 0 Å². The third kappa shape index (κ3) is 4.39. The molecule has 6 nitrogen and oxygen atoms in total. The fraction of sp³-hybridized carbons (Fsp3) is 0.294. The van der Waals surface area contributed by atoms with Crippen LogP contribution < -0.4 is 5.32 Å². The van der Waals surface area contributed by atoms with Crippen LogP contribution in [0.4, 0.5) is 0 Å². The highest BCUT2D eigenvalue weighted by atomic mass is 32.2. The topological polar surface area (TPSA) is 79.4 Å². The first-order chi connectivity index (χ1) is 11.3. The van der Waals surface area contributed by atoms with E-state index in [1.807, 2.05) is 19.9 Å². The number of likely N-dealkylation sites (N-methyl/N-ethyl adjacent to an activating group) is 1. The van der Waals surface area contributed by atoms with Crippen LogP contribution >= 0.6 is 0 Å². The summed E-state index contributed by atoms with van der Waals surface area (Å²) in [6, 6.07) is 9.92. The molecule has 2 aromatic rings. The van der Waals surface area contributed by atoms with Gasteiger partial charge in [-0.05, 0) is 37.6 Å². The molecule has 1 N–H and O–H groups in total. The van der Waals surface area contributed by atoms with Crippen LogP contribution in [-0.4, -0.2) is 37.2 Å². The minimum atomic E-state index is -3.69. The number of aromatic nitrogens is 1. The van der Waals surface area contributed by atoms with E-state index in [1.54, 1.807) is 30.6 Å². The number of benzene rings is 1. The molecule has 1 atom stereocenters. The van der Waals surface area contributed by atoms with Crippen LogP contribution in [0.25, 0.3) is 0 Å². The van der Waals surface area contributed by atoms with Crippen molar-refractivity contribution in [2.24, 2.45) is 0 Å². The molecule has 2 rings (SSSR count). The number of sulfonamides is 1. The number of pyridine rings is 1. The van der Waals surface area contributed by atoms with Gasteiger partial charge in [-0.1, -0.05) is 23.8 Å². The molecule has 24 heavy (non-hydrogen) atoms. The molecule has 0 bridgehead atoms. The molecular weight excluding hydrogens is 326 g/mol. The predicted molar refractivity (Wildman–Crippen MR) is 91.8 cm³/mol. The molecule has 0 saturated heterocycles. The second-order valence-corrected chi connectivity index (χ2v) is 7.69.